The molecular weight excluding hydrogens is 390 g/mol. The molecule has 0 radical (unpaired) electrons. The number of allylic oxidation sites excluding steroid dienone is 4. The molecule has 1 saturated heterocycles. The molecule has 0 aliphatic carbocycles. The molecule has 0 aromatic heterocycles. The van der Waals surface area contributed by atoms with Crippen LogP contribution in [0.3, 0.4) is 0 Å². The number of nitriles is 1. The minimum atomic E-state index is -0.291. The first-order chi connectivity index (χ1) is 14.7. The first-order valence-electron chi connectivity index (χ1n) is 10.5. The predicted molar refractivity (Wildman–Crippen MR) is 124 cm³/mol. The highest BCUT2D eigenvalue weighted by molar-refractivity contribution is 5.97. The lowest BCUT2D eigenvalue weighted by atomic mass is 9.92. The van der Waals surface area contributed by atoms with Crippen molar-refractivity contribution < 1.29 is 9.59 Å². The zero-order chi connectivity index (χ0) is 23.0. The van der Waals surface area contributed by atoms with Gasteiger partial charge in [0.1, 0.15) is 0 Å². The van der Waals surface area contributed by atoms with Crippen LogP contribution in [0.15, 0.2) is 46.6 Å². The number of rotatable bonds is 6. The van der Waals surface area contributed by atoms with Crippen molar-refractivity contribution in [2.24, 2.45) is 10.9 Å². The van der Waals surface area contributed by atoms with Crippen LogP contribution in [0.5, 0.6) is 0 Å². The van der Waals surface area contributed by atoms with E-state index in [0.29, 0.717) is 29.9 Å². The average molecular weight is 422 g/mol. The molecule has 1 aromatic carbocycles. The highest BCUT2D eigenvalue weighted by Crippen LogP contribution is 2.27. The summed E-state index contributed by atoms with van der Waals surface area (Å²) in [6.45, 7) is 12.3. The number of carbonyl (C=O) groups is 2. The van der Waals surface area contributed by atoms with Gasteiger partial charge in [0.25, 0.3) is 5.91 Å². The largest absolute Gasteiger partial charge is 0.339 e. The second-order valence-electron chi connectivity index (χ2n) is 8.06. The standard InChI is InChI=1S/C24H31N5O2/c1-16(2)27-24(31)28-22-14-20(8-7-18(22)4)23(30)29-12-10-19(11-13-29)21(26-5)9-6-17(3)15-25/h6-9,14,16,19H,5,10-13H2,1-4H3,(H2,27,28,31)/b17-6+,21-9-. The number of amides is 3. The van der Waals surface area contributed by atoms with Crippen LogP contribution in [-0.4, -0.2) is 42.7 Å². The van der Waals surface area contributed by atoms with Crippen molar-refractivity contribution >= 4 is 24.3 Å². The van der Waals surface area contributed by atoms with Crippen molar-refractivity contribution in [3.63, 3.8) is 0 Å². The highest BCUT2D eigenvalue weighted by Gasteiger charge is 2.26. The number of aliphatic imine (C=N–C) groups is 1. The van der Waals surface area contributed by atoms with Crippen LogP contribution in [0.2, 0.25) is 0 Å². The molecule has 0 unspecified atom stereocenters. The molecule has 31 heavy (non-hydrogen) atoms. The number of aryl methyl sites for hydroxylation is 1. The second kappa shape index (κ2) is 11.1. The van der Waals surface area contributed by atoms with Gasteiger partial charge in [-0.3, -0.25) is 9.79 Å². The summed E-state index contributed by atoms with van der Waals surface area (Å²) in [4.78, 5) is 31.0. The van der Waals surface area contributed by atoms with Gasteiger partial charge >= 0.3 is 6.03 Å². The minimum absolute atomic E-state index is 0.0229. The summed E-state index contributed by atoms with van der Waals surface area (Å²) in [5.41, 5.74) is 3.52. The number of hydrogen-bond donors (Lipinski definition) is 2. The molecule has 0 bridgehead atoms. The van der Waals surface area contributed by atoms with Crippen LogP contribution in [0, 0.1) is 24.2 Å². The molecule has 7 heteroatoms. The average Bonchev–Trinajstić information content (AvgIpc) is 2.74. The second-order valence-corrected chi connectivity index (χ2v) is 8.06. The van der Waals surface area contributed by atoms with E-state index in [4.69, 9.17) is 5.26 Å². The van der Waals surface area contributed by atoms with Gasteiger partial charge in [-0.15, -0.1) is 0 Å². The van der Waals surface area contributed by atoms with Gasteiger partial charge in [-0.1, -0.05) is 6.07 Å². The van der Waals surface area contributed by atoms with Gasteiger partial charge in [0.2, 0.25) is 0 Å². The minimum Gasteiger partial charge on any atom is -0.339 e. The van der Waals surface area contributed by atoms with Gasteiger partial charge < -0.3 is 15.5 Å². The van der Waals surface area contributed by atoms with Crippen molar-refractivity contribution in [2.45, 2.75) is 46.6 Å². The van der Waals surface area contributed by atoms with Gasteiger partial charge in [-0.25, -0.2) is 4.79 Å². The molecule has 1 aromatic rings. The summed E-state index contributed by atoms with van der Waals surface area (Å²) >= 11 is 0. The fourth-order valence-electron chi connectivity index (χ4n) is 3.44. The Kier molecular flexibility index (Phi) is 8.56. The zero-order valence-corrected chi connectivity index (χ0v) is 18.7. The summed E-state index contributed by atoms with van der Waals surface area (Å²) in [5, 5.41) is 14.5. The van der Waals surface area contributed by atoms with Crippen LogP contribution >= 0.6 is 0 Å². The summed E-state index contributed by atoms with van der Waals surface area (Å²) in [6, 6.07) is 7.19. The molecule has 0 atom stereocenters. The molecule has 0 saturated carbocycles. The third-order valence-corrected chi connectivity index (χ3v) is 5.22. The molecule has 3 amide bonds. The van der Waals surface area contributed by atoms with E-state index in [-0.39, 0.29) is 23.9 Å². The van der Waals surface area contributed by atoms with Crippen LogP contribution in [0.1, 0.15) is 49.5 Å². The number of nitrogens with zero attached hydrogens (tertiary/aromatic N) is 3. The lowest BCUT2D eigenvalue weighted by Crippen LogP contribution is -2.39. The Labute approximate surface area is 184 Å². The van der Waals surface area contributed by atoms with E-state index < -0.39 is 0 Å². The fraction of sp³-hybridized carbons (Fsp3) is 0.417. The maximum atomic E-state index is 13.0. The number of anilines is 1. The van der Waals surface area contributed by atoms with E-state index in [0.717, 1.165) is 24.1 Å². The third-order valence-electron chi connectivity index (χ3n) is 5.22. The Morgan fingerprint density at radius 2 is 1.97 bits per heavy atom. The molecule has 1 aliphatic heterocycles. The first kappa shape index (κ1) is 23.9. The Morgan fingerprint density at radius 1 is 1.29 bits per heavy atom. The quantitative estimate of drug-likeness (QED) is 0.404. The van der Waals surface area contributed by atoms with Gasteiger partial charge in [-0.2, -0.15) is 5.26 Å². The molecule has 1 heterocycles. The number of likely N-dealkylation sites (tertiary alicyclic amines) is 1. The predicted octanol–water partition coefficient (Wildman–Crippen LogP) is 4.43. The number of piperidine rings is 1. The van der Waals surface area contributed by atoms with Crippen molar-refractivity contribution in [3.05, 3.63) is 52.7 Å². The van der Waals surface area contributed by atoms with E-state index in [1.54, 1.807) is 25.1 Å². The normalized spacial score (nSPS) is 15.4. The van der Waals surface area contributed by atoms with Gasteiger partial charge in [-0.05, 0) is 77.1 Å². The fourth-order valence-corrected chi connectivity index (χ4v) is 3.44. The summed E-state index contributed by atoms with van der Waals surface area (Å²) < 4.78 is 0. The Hall–Kier alpha value is -3.40. The van der Waals surface area contributed by atoms with Gasteiger partial charge in [0.05, 0.1) is 6.07 Å². The molecular formula is C24H31N5O2. The first-order valence-corrected chi connectivity index (χ1v) is 10.5. The zero-order valence-electron chi connectivity index (χ0n) is 18.7. The smallest absolute Gasteiger partial charge is 0.319 e. The van der Waals surface area contributed by atoms with E-state index in [1.165, 1.54) is 0 Å². The molecule has 164 valence electrons. The molecule has 1 aliphatic rings. The summed E-state index contributed by atoms with van der Waals surface area (Å²) in [7, 11) is 0. The molecule has 2 N–H and O–H groups in total. The van der Waals surface area contributed by atoms with E-state index >= 15 is 0 Å². The lowest BCUT2D eigenvalue weighted by Gasteiger charge is -2.32. The number of carbonyl (C=O) groups excluding carboxylic acids is 2. The third kappa shape index (κ3) is 6.82. The lowest BCUT2D eigenvalue weighted by molar-refractivity contribution is 0.0702. The van der Waals surface area contributed by atoms with E-state index in [2.05, 4.69) is 28.4 Å². The van der Waals surface area contributed by atoms with Crippen molar-refractivity contribution in [1.29, 1.82) is 5.26 Å². The van der Waals surface area contributed by atoms with Gasteiger partial charge in [0, 0.05) is 47.6 Å². The SMILES string of the molecule is C=N/C(=C\C=C(/C)C#N)C1CCN(C(=O)c2ccc(C)c(NC(=O)NC(C)C)c2)CC1. The summed E-state index contributed by atoms with van der Waals surface area (Å²) in [6.07, 6.45) is 5.15. The van der Waals surface area contributed by atoms with Crippen molar-refractivity contribution in [1.82, 2.24) is 10.2 Å². The molecule has 1 fully saturated rings. The van der Waals surface area contributed by atoms with Crippen LogP contribution in [0.25, 0.3) is 0 Å². The van der Waals surface area contributed by atoms with E-state index in [1.807, 2.05) is 37.8 Å². The molecule has 7 nitrogen and oxygen atoms in total. The number of benzene rings is 1. The number of urea groups is 1. The Morgan fingerprint density at radius 3 is 2.55 bits per heavy atom. The van der Waals surface area contributed by atoms with Crippen LogP contribution in [-0.2, 0) is 0 Å². The maximum Gasteiger partial charge on any atom is 0.319 e. The van der Waals surface area contributed by atoms with Crippen LogP contribution in [0.4, 0.5) is 10.5 Å². The number of hydrogen-bond acceptors (Lipinski definition) is 4. The maximum absolute atomic E-state index is 13.0. The monoisotopic (exact) mass is 421 g/mol. The van der Waals surface area contributed by atoms with Crippen LogP contribution < -0.4 is 10.6 Å². The summed E-state index contributed by atoms with van der Waals surface area (Å²) in [5.74, 6) is 0.155. The topological polar surface area (TPSA) is 97.6 Å². The van der Waals surface area contributed by atoms with Crippen molar-refractivity contribution in [2.75, 3.05) is 18.4 Å². The highest BCUT2D eigenvalue weighted by atomic mass is 16.2. The van der Waals surface area contributed by atoms with Gasteiger partial charge in [0.15, 0.2) is 0 Å². The number of nitrogens with one attached hydrogen (secondary N) is 2. The molecule has 0 spiro atoms. The molecule has 2 rings (SSSR count). The Balaban J connectivity index is 2.05. The van der Waals surface area contributed by atoms with E-state index in [9.17, 15) is 9.59 Å². The van der Waals surface area contributed by atoms with Crippen molar-refractivity contribution in [3.8, 4) is 6.07 Å². The Bertz CT molecular complexity index is 932.